The number of nitrogens with zero attached hydrogens (tertiary/aromatic N) is 2. The third-order valence-electron chi connectivity index (χ3n) is 3.72. The fourth-order valence-electron chi connectivity index (χ4n) is 2.51. The number of amides is 1. The van der Waals surface area contributed by atoms with E-state index >= 15 is 0 Å². The van der Waals surface area contributed by atoms with E-state index in [9.17, 15) is 4.79 Å². The molecule has 0 radical (unpaired) electrons. The molecule has 0 saturated carbocycles. The third kappa shape index (κ3) is 4.38. The minimum Gasteiger partial charge on any atom is -0.409 e. The summed E-state index contributed by atoms with van der Waals surface area (Å²) in [7, 11) is 0. The molecule has 0 aromatic rings. The Kier molecular flexibility index (Phi) is 6.08. The molecule has 1 aliphatic heterocycles. The average Bonchev–Trinajstić information content (AvgIpc) is 2.89. The highest BCUT2D eigenvalue weighted by Crippen LogP contribution is 2.13. The van der Waals surface area contributed by atoms with Crippen LogP contribution in [0.3, 0.4) is 0 Å². The van der Waals surface area contributed by atoms with Gasteiger partial charge in [0, 0.05) is 12.6 Å². The third-order valence-corrected chi connectivity index (χ3v) is 3.72. The summed E-state index contributed by atoms with van der Waals surface area (Å²) in [6, 6.07) is 0.326. The second kappa shape index (κ2) is 7.33. The summed E-state index contributed by atoms with van der Waals surface area (Å²) in [6.45, 7) is 8.67. The Morgan fingerprint density at radius 2 is 1.95 bits per heavy atom. The second-order valence-electron chi connectivity index (χ2n) is 5.58. The van der Waals surface area contributed by atoms with E-state index in [-0.39, 0.29) is 17.7 Å². The molecule has 1 aliphatic rings. The van der Waals surface area contributed by atoms with Crippen LogP contribution in [-0.4, -0.2) is 47.5 Å². The van der Waals surface area contributed by atoms with Crippen LogP contribution in [0.15, 0.2) is 5.16 Å². The molecule has 2 atom stereocenters. The zero-order chi connectivity index (χ0) is 14.4. The maximum Gasteiger partial charge on any atom is 0.231 e. The average molecular weight is 270 g/mol. The summed E-state index contributed by atoms with van der Waals surface area (Å²) in [5.74, 6) is -0.772. The molecular formula is C13H26N4O2. The van der Waals surface area contributed by atoms with Crippen molar-refractivity contribution < 1.29 is 10.0 Å². The van der Waals surface area contributed by atoms with E-state index in [1.807, 2.05) is 13.8 Å². The molecule has 0 spiro atoms. The normalized spacial score (nSPS) is 20.5. The SMILES string of the molecule is CC(C)C(C(=O)NCC(C)N1CCCC1)C(N)=NO. The molecule has 0 aromatic heterocycles. The Hall–Kier alpha value is -1.30. The number of oxime groups is 1. The molecule has 4 N–H and O–H groups in total. The van der Waals surface area contributed by atoms with Crippen molar-refractivity contribution in [1.82, 2.24) is 10.2 Å². The van der Waals surface area contributed by atoms with E-state index in [0.29, 0.717) is 12.6 Å². The zero-order valence-electron chi connectivity index (χ0n) is 12.1. The summed E-state index contributed by atoms with van der Waals surface area (Å²) < 4.78 is 0. The number of likely N-dealkylation sites (tertiary alicyclic amines) is 1. The molecule has 1 amide bonds. The lowest BCUT2D eigenvalue weighted by Crippen LogP contribution is -2.46. The molecule has 1 heterocycles. The maximum atomic E-state index is 12.1. The Labute approximate surface area is 115 Å². The van der Waals surface area contributed by atoms with Gasteiger partial charge in [-0.25, -0.2) is 0 Å². The highest BCUT2D eigenvalue weighted by atomic mass is 16.4. The number of nitrogens with one attached hydrogen (secondary N) is 1. The molecule has 6 nitrogen and oxygen atoms in total. The Morgan fingerprint density at radius 1 is 1.37 bits per heavy atom. The van der Waals surface area contributed by atoms with E-state index in [1.54, 1.807) is 0 Å². The summed E-state index contributed by atoms with van der Waals surface area (Å²) >= 11 is 0. The van der Waals surface area contributed by atoms with Gasteiger partial charge in [-0.05, 0) is 38.8 Å². The van der Waals surface area contributed by atoms with E-state index in [2.05, 4.69) is 22.3 Å². The Morgan fingerprint density at radius 3 is 2.42 bits per heavy atom. The summed E-state index contributed by atoms with van der Waals surface area (Å²) in [6.07, 6.45) is 2.47. The fraction of sp³-hybridized carbons (Fsp3) is 0.846. The summed E-state index contributed by atoms with van der Waals surface area (Å²) in [5.41, 5.74) is 5.58. The van der Waals surface area contributed by atoms with Crippen LogP contribution in [0.4, 0.5) is 0 Å². The Bertz CT molecular complexity index is 325. The highest BCUT2D eigenvalue weighted by molar-refractivity contribution is 6.02. The molecule has 110 valence electrons. The lowest BCUT2D eigenvalue weighted by Gasteiger charge is -2.25. The van der Waals surface area contributed by atoms with Crippen LogP contribution in [0, 0.1) is 11.8 Å². The van der Waals surface area contributed by atoms with E-state index in [0.717, 1.165) is 13.1 Å². The molecule has 0 aliphatic carbocycles. The van der Waals surface area contributed by atoms with E-state index in [4.69, 9.17) is 10.9 Å². The molecule has 1 rings (SSSR count). The second-order valence-corrected chi connectivity index (χ2v) is 5.58. The largest absolute Gasteiger partial charge is 0.409 e. The fourth-order valence-corrected chi connectivity index (χ4v) is 2.51. The zero-order valence-corrected chi connectivity index (χ0v) is 12.1. The van der Waals surface area contributed by atoms with Crippen molar-refractivity contribution >= 4 is 11.7 Å². The number of carbonyl (C=O) groups is 1. The first kappa shape index (κ1) is 15.8. The minimum absolute atomic E-state index is 0.00186. The van der Waals surface area contributed by atoms with Crippen LogP contribution in [0.1, 0.15) is 33.6 Å². The molecule has 1 saturated heterocycles. The number of hydrogen-bond acceptors (Lipinski definition) is 4. The number of rotatable bonds is 6. The molecule has 0 bridgehead atoms. The van der Waals surface area contributed by atoms with Gasteiger partial charge in [-0.1, -0.05) is 19.0 Å². The van der Waals surface area contributed by atoms with Crippen molar-refractivity contribution in [2.75, 3.05) is 19.6 Å². The van der Waals surface area contributed by atoms with Crippen LogP contribution in [0.25, 0.3) is 0 Å². The van der Waals surface area contributed by atoms with Gasteiger partial charge in [0.25, 0.3) is 0 Å². The van der Waals surface area contributed by atoms with Crippen LogP contribution in [-0.2, 0) is 4.79 Å². The molecule has 0 aromatic carbocycles. The predicted octanol–water partition coefficient (Wildman–Crippen LogP) is 0.606. The molecule has 1 fully saturated rings. The lowest BCUT2D eigenvalue weighted by atomic mass is 9.94. The van der Waals surface area contributed by atoms with Crippen molar-refractivity contribution in [2.24, 2.45) is 22.7 Å². The van der Waals surface area contributed by atoms with Crippen molar-refractivity contribution in [3.8, 4) is 0 Å². The highest BCUT2D eigenvalue weighted by Gasteiger charge is 2.27. The quantitative estimate of drug-likeness (QED) is 0.285. The van der Waals surface area contributed by atoms with Gasteiger partial charge in [0.1, 0.15) is 5.92 Å². The maximum absolute atomic E-state index is 12.1. The topological polar surface area (TPSA) is 91.0 Å². The van der Waals surface area contributed by atoms with Crippen LogP contribution in [0.2, 0.25) is 0 Å². The monoisotopic (exact) mass is 270 g/mol. The molecule has 19 heavy (non-hydrogen) atoms. The van der Waals surface area contributed by atoms with Crippen molar-refractivity contribution in [1.29, 1.82) is 0 Å². The van der Waals surface area contributed by atoms with E-state index < -0.39 is 5.92 Å². The van der Waals surface area contributed by atoms with Gasteiger partial charge in [0.05, 0.1) is 0 Å². The van der Waals surface area contributed by atoms with Crippen LogP contribution < -0.4 is 11.1 Å². The number of carbonyl (C=O) groups excluding carboxylic acids is 1. The first-order valence-electron chi connectivity index (χ1n) is 6.96. The number of hydrogen-bond donors (Lipinski definition) is 3. The number of amidine groups is 1. The van der Waals surface area contributed by atoms with Crippen molar-refractivity contribution in [3.63, 3.8) is 0 Å². The van der Waals surface area contributed by atoms with Gasteiger partial charge < -0.3 is 16.3 Å². The first-order valence-corrected chi connectivity index (χ1v) is 6.96. The standard InChI is InChI=1S/C13H26N4O2/c1-9(2)11(12(14)16-19)13(18)15-8-10(3)17-6-4-5-7-17/h9-11,19H,4-8H2,1-3H3,(H2,14,16)(H,15,18). The smallest absolute Gasteiger partial charge is 0.231 e. The summed E-state index contributed by atoms with van der Waals surface area (Å²) in [4.78, 5) is 14.5. The van der Waals surface area contributed by atoms with Gasteiger partial charge in [0.2, 0.25) is 5.91 Å². The predicted molar refractivity (Wildman–Crippen MR) is 75.0 cm³/mol. The van der Waals surface area contributed by atoms with E-state index in [1.165, 1.54) is 12.8 Å². The van der Waals surface area contributed by atoms with Crippen molar-refractivity contribution in [2.45, 2.75) is 39.7 Å². The number of nitrogens with two attached hydrogens (primary N) is 1. The van der Waals surface area contributed by atoms with Gasteiger partial charge in [-0.15, -0.1) is 0 Å². The van der Waals surface area contributed by atoms with Gasteiger partial charge >= 0.3 is 0 Å². The molecule has 2 unspecified atom stereocenters. The lowest BCUT2D eigenvalue weighted by molar-refractivity contribution is -0.124. The molecule has 6 heteroatoms. The summed E-state index contributed by atoms with van der Waals surface area (Å²) in [5, 5.41) is 14.6. The molecular weight excluding hydrogens is 244 g/mol. The minimum atomic E-state index is -0.573. The van der Waals surface area contributed by atoms with Gasteiger partial charge in [0.15, 0.2) is 5.84 Å². The van der Waals surface area contributed by atoms with Crippen LogP contribution in [0.5, 0.6) is 0 Å². The first-order chi connectivity index (χ1) is 8.97. The van der Waals surface area contributed by atoms with Gasteiger partial charge in [-0.2, -0.15) is 0 Å². The van der Waals surface area contributed by atoms with Gasteiger partial charge in [-0.3, -0.25) is 9.69 Å². The van der Waals surface area contributed by atoms with Crippen LogP contribution >= 0.6 is 0 Å². The Balaban J connectivity index is 2.48. The van der Waals surface area contributed by atoms with Crippen molar-refractivity contribution in [3.05, 3.63) is 0 Å².